The monoisotopic (exact) mass is 315 g/mol. The molecule has 0 N–H and O–H groups in total. The quantitative estimate of drug-likeness (QED) is 0.452. The molecule has 1 aromatic carbocycles. The molecule has 5 heteroatoms. The Morgan fingerprint density at radius 2 is 2.06 bits per heavy atom. The van der Waals surface area contributed by atoms with Gasteiger partial charge in [-0.25, -0.2) is 0 Å². The zero-order valence-corrected chi connectivity index (χ0v) is 12.4. The van der Waals surface area contributed by atoms with E-state index in [0.717, 1.165) is 5.33 Å². The summed E-state index contributed by atoms with van der Waals surface area (Å²) in [5, 5.41) is 11.5. The third-order valence-electron chi connectivity index (χ3n) is 2.76. The summed E-state index contributed by atoms with van der Waals surface area (Å²) in [4.78, 5) is 10.3. The fraction of sp³-hybridized carbons (Fsp3) is 0.538. The summed E-state index contributed by atoms with van der Waals surface area (Å²) in [6.07, 6.45) is 0.0337. The fourth-order valence-electron chi connectivity index (χ4n) is 1.82. The van der Waals surface area contributed by atoms with Crippen molar-refractivity contribution in [2.75, 3.05) is 5.33 Å². The zero-order chi connectivity index (χ0) is 13.7. The third-order valence-corrected chi connectivity index (χ3v) is 3.78. The van der Waals surface area contributed by atoms with Crippen molar-refractivity contribution in [3.63, 3.8) is 0 Å². The lowest BCUT2D eigenvalue weighted by molar-refractivity contribution is -0.385. The second-order valence-electron chi connectivity index (χ2n) is 4.71. The second kappa shape index (κ2) is 6.73. The van der Waals surface area contributed by atoms with E-state index in [9.17, 15) is 10.1 Å². The number of nitro groups is 1. The van der Waals surface area contributed by atoms with Gasteiger partial charge in [0.15, 0.2) is 0 Å². The summed E-state index contributed by atoms with van der Waals surface area (Å²) in [7, 11) is 0. The Hall–Kier alpha value is -1.10. The van der Waals surface area contributed by atoms with Gasteiger partial charge in [0.1, 0.15) is 11.9 Å². The van der Waals surface area contributed by atoms with E-state index in [-0.39, 0.29) is 11.8 Å². The highest BCUT2D eigenvalue weighted by atomic mass is 79.9. The Morgan fingerprint density at radius 1 is 1.39 bits per heavy atom. The zero-order valence-electron chi connectivity index (χ0n) is 10.8. The van der Waals surface area contributed by atoms with Crippen LogP contribution in [0.4, 0.5) is 5.69 Å². The average Bonchev–Trinajstić information content (AvgIpc) is 2.35. The van der Waals surface area contributed by atoms with E-state index >= 15 is 0 Å². The van der Waals surface area contributed by atoms with Gasteiger partial charge in [-0.05, 0) is 12.0 Å². The number of hydrogen-bond donors (Lipinski definition) is 0. The molecule has 0 aliphatic heterocycles. The first-order valence-electron chi connectivity index (χ1n) is 5.92. The van der Waals surface area contributed by atoms with Crippen LogP contribution in [-0.4, -0.2) is 16.4 Å². The van der Waals surface area contributed by atoms with E-state index < -0.39 is 4.92 Å². The van der Waals surface area contributed by atoms with Gasteiger partial charge in [-0.1, -0.05) is 42.8 Å². The first-order valence-corrected chi connectivity index (χ1v) is 7.05. The predicted octanol–water partition coefficient (Wildman–Crippen LogP) is 4.03. The van der Waals surface area contributed by atoms with E-state index in [0.29, 0.717) is 17.6 Å². The molecular weight excluding hydrogens is 298 g/mol. The molecule has 0 aliphatic carbocycles. The summed E-state index contributed by atoms with van der Waals surface area (Å²) in [6, 6.07) is 6.33. The number of alkyl halides is 1. The van der Waals surface area contributed by atoms with Gasteiger partial charge < -0.3 is 4.74 Å². The van der Waals surface area contributed by atoms with Crippen LogP contribution < -0.4 is 4.74 Å². The molecule has 0 saturated carbocycles. The maximum Gasteiger partial charge on any atom is 0.273 e. The molecule has 4 nitrogen and oxygen atoms in total. The van der Waals surface area contributed by atoms with Crippen molar-refractivity contribution in [1.82, 2.24) is 0 Å². The molecule has 0 bridgehead atoms. The van der Waals surface area contributed by atoms with E-state index in [1.54, 1.807) is 12.1 Å². The number of hydrogen-bond acceptors (Lipinski definition) is 3. The minimum atomic E-state index is -0.412. The smallest absolute Gasteiger partial charge is 0.273 e. The SMILES string of the molecule is CC(C)C(Oc1cccc([N+](=O)[O-])c1)C(C)CBr. The van der Waals surface area contributed by atoms with Gasteiger partial charge in [0.25, 0.3) is 5.69 Å². The number of benzene rings is 1. The number of rotatable bonds is 6. The number of nitrogens with zero attached hydrogens (tertiary/aromatic N) is 1. The van der Waals surface area contributed by atoms with E-state index in [4.69, 9.17) is 4.74 Å². The van der Waals surface area contributed by atoms with Crippen LogP contribution >= 0.6 is 15.9 Å². The maximum atomic E-state index is 10.7. The van der Waals surface area contributed by atoms with Gasteiger partial charge in [0.2, 0.25) is 0 Å². The Morgan fingerprint density at radius 3 is 2.56 bits per heavy atom. The molecule has 0 amide bonds. The Kier molecular flexibility index (Phi) is 5.59. The predicted molar refractivity (Wildman–Crippen MR) is 75.3 cm³/mol. The molecule has 0 radical (unpaired) electrons. The van der Waals surface area contributed by atoms with Crippen LogP contribution in [0.2, 0.25) is 0 Å². The Balaban J connectivity index is 2.87. The number of nitro benzene ring substituents is 1. The minimum Gasteiger partial charge on any atom is -0.490 e. The van der Waals surface area contributed by atoms with Crippen molar-refractivity contribution < 1.29 is 9.66 Å². The maximum absolute atomic E-state index is 10.7. The highest BCUT2D eigenvalue weighted by molar-refractivity contribution is 9.09. The van der Waals surface area contributed by atoms with Crippen LogP contribution in [-0.2, 0) is 0 Å². The molecule has 0 spiro atoms. The van der Waals surface area contributed by atoms with E-state index in [1.165, 1.54) is 12.1 Å². The molecule has 100 valence electrons. The van der Waals surface area contributed by atoms with E-state index in [1.807, 2.05) is 0 Å². The van der Waals surface area contributed by atoms with Crippen LogP contribution in [0.3, 0.4) is 0 Å². The molecule has 0 saturated heterocycles. The van der Waals surface area contributed by atoms with Crippen molar-refractivity contribution in [1.29, 1.82) is 0 Å². The van der Waals surface area contributed by atoms with Gasteiger partial charge in [0.05, 0.1) is 11.0 Å². The van der Waals surface area contributed by atoms with Gasteiger partial charge >= 0.3 is 0 Å². The van der Waals surface area contributed by atoms with Crippen molar-refractivity contribution in [3.05, 3.63) is 34.4 Å². The lowest BCUT2D eigenvalue weighted by Gasteiger charge is -2.27. The molecule has 0 aromatic heterocycles. The van der Waals surface area contributed by atoms with Crippen LogP contribution in [0.5, 0.6) is 5.75 Å². The molecule has 2 unspecified atom stereocenters. The number of ether oxygens (including phenoxy) is 1. The van der Waals surface area contributed by atoms with Crippen LogP contribution in [0.1, 0.15) is 20.8 Å². The first kappa shape index (κ1) is 15.0. The Bertz CT molecular complexity index is 409. The molecule has 1 rings (SSSR count). The molecule has 1 aromatic rings. The summed E-state index contributed by atoms with van der Waals surface area (Å²) in [5.41, 5.74) is 0.0569. The van der Waals surface area contributed by atoms with Gasteiger partial charge in [-0.15, -0.1) is 0 Å². The normalized spacial score (nSPS) is 14.3. The average molecular weight is 316 g/mol. The van der Waals surface area contributed by atoms with Crippen LogP contribution in [0, 0.1) is 22.0 Å². The summed E-state index contributed by atoms with van der Waals surface area (Å²) < 4.78 is 5.88. The van der Waals surface area contributed by atoms with Gasteiger partial charge in [-0.3, -0.25) is 10.1 Å². The largest absolute Gasteiger partial charge is 0.490 e. The number of non-ortho nitro benzene ring substituents is 1. The molecule has 2 atom stereocenters. The molecule has 0 fully saturated rings. The van der Waals surface area contributed by atoms with Crippen molar-refractivity contribution in [2.24, 2.45) is 11.8 Å². The highest BCUT2D eigenvalue weighted by Crippen LogP contribution is 2.25. The molecule has 0 aliphatic rings. The highest BCUT2D eigenvalue weighted by Gasteiger charge is 2.22. The lowest BCUT2D eigenvalue weighted by atomic mass is 9.96. The van der Waals surface area contributed by atoms with Crippen molar-refractivity contribution >= 4 is 21.6 Å². The molecule has 18 heavy (non-hydrogen) atoms. The van der Waals surface area contributed by atoms with Crippen LogP contribution in [0.15, 0.2) is 24.3 Å². The standard InChI is InChI=1S/C13H18BrNO3/c1-9(2)13(10(3)8-14)18-12-6-4-5-11(7-12)15(16)17/h4-7,9-10,13H,8H2,1-3H3. The van der Waals surface area contributed by atoms with Gasteiger partial charge in [-0.2, -0.15) is 0 Å². The first-order chi connectivity index (χ1) is 8.45. The van der Waals surface area contributed by atoms with Crippen LogP contribution in [0.25, 0.3) is 0 Å². The lowest BCUT2D eigenvalue weighted by Crippen LogP contribution is -2.31. The summed E-state index contributed by atoms with van der Waals surface area (Å²) in [6.45, 7) is 6.26. The Labute approximate surface area is 116 Å². The fourth-order valence-corrected chi connectivity index (χ4v) is 2.19. The molecule has 0 heterocycles. The third kappa shape index (κ3) is 3.98. The molecular formula is C13H18BrNO3. The second-order valence-corrected chi connectivity index (χ2v) is 5.36. The topological polar surface area (TPSA) is 52.4 Å². The number of halogens is 1. The van der Waals surface area contributed by atoms with Gasteiger partial charge in [0, 0.05) is 17.3 Å². The van der Waals surface area contributed by atoms with Crippen molar-refractivity contribution in [2.45, 2.75) is 26.9 Å². The summed E-state index contributed by atoms with van der Waals surface area (Å²) in [5.74, 6) is 1.23. The van der Waals surface area contributed by atoms with E-state index in [2.05, 4.69) is 36.7 Å². The summed E-state index contributed by atoms with van der Waals surface area (Å²) >= 11 is 3.45. The minimum absolute atomic E-state index is 0.0337. The van der Waals surface area contributed by atoms with Crippen molar-refractivity contribution in [3.8, 4) is 5.75 Å².